The maximum Gasteiger partial charge on any atom is 0.340 e. The highest BCUT2D eigenvalue weighted by Gasteiger charge is 2.19. The molecule has 0 amide bonds. The van der Waals surface area contributed by atoms with E-state index in [4.69, 9.17) is 9.15 Å². The number of carbonyl (C=O) groups is 1. The lowest BCUT2D eigenvalue weighted by molar-refractivity contribution is -0.156. The average molecular weight is 310 g/mol. The predicted octanol–water partition coefficient (Wildman–Crippen LogP) is 2.51. The van der Waals surface area contributed by atoms with Crippen molar-refractivity contribution in [2.75, 3.05) is 0 Å². The highest BCUT2D eigenvalue weighted by Crippen LogP contribution is 2.18. The topological polar surface area (TPSA) is 85.5 Å². The summed E-state index contributed by atoms with van der Waals surface area (Å²) in [7, 11) is 0. The van der Waals surface area contributed by atoms with E-state index < -0.39 is 12.1 Å². The molecule has 0 spiro atoms. The third-order valence-corrected chi connectivity index (χ3v) is 3.16. The van der Waals surface area contributed by atoms with Crippen LogP contribution in [0.25, 0.3) is 11.5 Å². The van der Waals surface area contributed by atoms with Gasteiger partial charge in [0, 0.05) is 5.56 Å². The third-order valence-electron chi connectivity index (χ3n) is 3.16. The molecule has 1 atom stereocenters. The Morgan fingerprint density at radius 2 is 1.70 bits per heavy atom. The van der Waals surface area contributed by atoms with Crippen LogP contribution in [0.2, 0.25) is 0 Å². The van der Waals surface area contributed by atoms with Crippen LogP contribution in [0, 0.1) is 0 Å². The van der Waals surface area contributed by atoms with Crippen molar-refractivity contribution in [3.05, 3.63) is 72.1 Å². The molecule has 116 valence electrons. The van der Waals surface area contributed by atoms with Crippen molar-refractivity contribution in [2.45, 2.75) is 12.7 Å². The minimum atomic E-state index is -1.34. The van der Waals surface area contributed by atoms with Crippen LogP contribution in [0.3, 0.4) is 0 Å². The molecule has 0 radical (unpaired) electrons. The van der Waals surface area contributed by atoms with Gasteiger partial charge < -0.3 is 14.3 Å². The summed E-state index contributed by atoms with van der Waals surface area (Å²) >= 11 is 0. The SMILES string of the molecule is O=C(OCc1nnc(-c2ccccc2)o1)[C@@H](O)c1ccccc1. The van der Waals surface area contributed by atoms with Crippen LogP contribution >= 0.6 is 0 Å². The van der Waals surface area contributed by atoms with E-state index in [1.165, 1.54) is 0 Å². The van der Waals surface area contributed by atoms with Crippen molar-refractivity contribution >= 4 is 5.97 Å². The van der Waals surface area contributed by atoms with Gasteiger partial charge in [-0.3, -0.25) is 0 Å². The Morgan fingerprint density at radius 1 is 1.04 bits per heavy atom. The lowest BCUT2D eigenvalue weighted by Gasteiger charge is -2.09. The second-order valence-corrected chi connectivity index (χ2v) is 4.79. The van der Waals surface area contributed by atoms with Gasteiger partial charge in [-0.25, -0.2) is 4.79 Å². The number of hydrogen-bond donors (Lipinski definition) is 1. The molecule has 0 fully saturated rings. The second kappa shape index (κ2) is 6.85. The van der Waals surface area contributed by atoms with Crippen molar-refractivity contribution in [2.24, 2.45) is 0 Å². The highest BCUT2D eigenvalue weighted by atomic mass is 16.6. The molecule has 3 rings (SSSR count). The number of hydrogen-bond acceptors (Lipinski definition) is 6. The summed E-state index contributed by atoms with van der Waals surface area (Å²) in [5.41, 5.74) is 1.25. The van der Waals surface area contributed by atoms with Crippen LogP contribution in [0.5, 0.6) is 0 Å². The van der Waals surface area contributed by atoms with Crippen molar-refractivity contribution in [1.82, 2.24) is 10.2 Å². The fourth-order valence-corrected chi connectivity index (χ4v) is 1.99. The Labute approximate surface area is 132 Å². The zero-order valence-corrected chi connectivity index (χ0v) is 12.1. The van der Waals surface area contributed by atoms with Crippen molar-refractivity contribution in [3.63, 3.8) is 0 Å². The van der Waals surface area contributed by atoms with Gasteiger partial charge in [0.25, 0.3) is 5.89 Å². The molecule has 0 aliphatic heterocycles. The Morgan fingerprint density at radius 3 is 2.39 bits per heavy atom. The first-order valence-electron chi connectivity index (χ1n) is 7.01. The zero-order valence-electron chi connectivity index (χ0n) is 12.1. The number of carbonyl (C=O) groups excluding carboxylic acids is 1. The van der Waals surface area contributed by atoms with E-state index in [1.54, 1.807) is 30.3 Å². The monoisotopic (exact) mass is 310 g/mol. The predicted molar refractivity (Wildman–Crippen MR) is 80.9 cm³/mol. The summed E-state index contributed by atoms with van der Waals surface area (Å²) in [6.45, 7) is -0.192. The van der Waals surface area contributed by atoms with Crippen LogP contribution < -0.4 is 0 Å². The van der Waals surface area contributed by atoms with E-state index in [0.29, 0.717) is 11.5 Å². The van der Waals surface area contributed by atoms with Gasteiger partial charge in [0.2, 0.25) is 5.89 Å². The number of aliphatic hydroxyl groups excluding tert-OH is 1. The smallest absolute Gasteiger partial charge is 0.340 e. The Bertz CT molecular complexity index is 772. The molecule has 0 saturated carbocycles. The summed E-state index contributed by atoms with van der Waals surface area (Å²) < 4.78 is 10.4. The van der Waals surface area contributed by atoms with Gasteiger partial charge in [-0.1, -0.05) is 48.5 Å². The summed E-state index contributed by atoms with van der Waals surface area (Å²) in [6.07, 6.45) is -1.34. The summed E-state index contributed by atoms with van der Waals surface area (Å²) in [4.78, 5) is 11.8. The first-order valence-corrected chi connectivity index (χ1v) is 7.01. The van der Waals surface area contributed by atoms with E-state index in [0.717, 1.165) is 5.56 Å². The molecule has 2 aromatic carbocycles. The minimum absolute atomic E-state index is 0.164. The van der Waals surface area contributed by atoms with Crippen molar-refractivity contribution in [3.8, 4) is 11.5 Å². The number of ether oxygens (including phenoxy) is 1. The van der Waals surface area contributed by atoms with Gasteiger partial charge in [0.05, 0.1) is 0 Å². The molecular weight excluding hydrogens is 296 g/mol. The highest BCUT2D eigenvalue weighted by molar-refractivity contribution is 5.76. The van der Waals surface area contributed by atoms with Gasteiger partial charge in [-0.05, 0) is 17.7 Å². The summed E-state index contributed by atoms with van der Waals surface area (Å²) in [5, 5.41) is 17.6. The molecule has 23 heavy (non-hydrogen) atoms. The van der Waals surface area contributed by atoms with Crippen LogP contribution in [-0.4, -0.2) is 21.3 Å². The molecule has 0 aliphatic carbocycles. The molecule has 0 unspecified atom stereocenters. The first-order chi connectivity index (χ1) is 11.2. The molecule has 1 N–H and O–H groups in total. The normalized spacial score (nSPS) is 11.9. The molecule has 6 nitrogen and oxygen atoms in total. The van der Waals surface area contributed by atoms with Gasteiger partial charge in [0.1, 0.15) is 0 Å². The maximum absolute atomic E-state index is 11.8. The van der Waals surface area contributed by atoms with E-state index in [2.05, 4.69) is 10.2 Å². The first kappa shape index (κ1) is 14.9. The molecule has 0 bridgehead atoms. The largest absolute Gasteiger partial charge is 0.453 e. The standard InChI is InChI=1S/C17H14N2O4/c20-15(12-7-3-1-4-8-12)17(21)22-11-14-18-19-16(23-14)13-9-5-2-6-10-13/h1-10,15,20H,11H2/t15-/m0/s1. The fraction of sp³-hybridized carbons (Fsp3) is 0.118. The van der Waals surface area contributed by atoms with Crippen LogP contribution in [0.15, 0.2) is 65.1 Å². The quantitative estimate of drug-likeness (QED) is 0.729. The number of rotatable bonds is 5. The summed E-state index contributed by atoms with van der Waals surface area (Å²) in [6, 6.07) is 17.8. The van der Waals surface area contributed by atoms with E-state index in [1.807, 2.05) is 30.3 Å². The minimum Gasteiger partial charge on any atom is -0.453 e. The van der Waals surface area contributed by atoms with Crippen LogP contribution in [0.1, 0.15) is 17.6 Å². The Balaban J connectivity index is 1.61. The number of nitrogens with zero attached hydrogens (tertiary/aromatic N) is 2. The third kappa shape index (κ3) is 3.61. The molecule has 1 heterocycles. The maximum atomic E-state index is 11.8. The fourth-order valence-electron chi connectivity index (χ4n) is 1.99. The molecule has 0 aliphatic rings. The van der Waals surface area contributed by atoms with Gasteiger partial charge >= 0.3 is 5.97 Å². The van der Waals surface area contributed by atoms with Gasteiger partial charge in [0.15, 0.2) is 12.7 Å². The average Bonchev–Trinajstić information content (AvgIpc) is 3.09. The van der Waals surface area contributed by atoms with Crippen molar-refractivity contribution in [1.29, 1.82) is 0 Å². The number of aliphatic hydroxyl groups is 1. The summed E-state index contributed by atoms with van der Waals surface area (Å²) in [5.74, 6) is -0.256. The van der Waals surface area contributed by atoms with Gasteiger partial charge in [-0.15, -0.1) is 10.2 Å². The molecule has 1 aromatic heterocycles. The molecular formula is C17H14N2O4. The van der Waals surface area contributed by atoms with Crippen molar-refractivity contribution < 1.29 is 19.1 Å². The second-order valence-electron chi connectivity index (χ2n) is 4.79. The van der Waals surface area contributed by atoms with Crippen LogP contribution in [0.4, 0.5) is 0 Å². The molecule has 6 heteroatoms. The lowest BCUT2D eigenvalue weighted by Crippen LogP contribution is -2.15. The van der Waals surface area contributed by atoms with E-state index >= 15 is 0 Å². The van der Waals surface area contributed by atoms with E-state index in [-0.39, 0.29) is 12.5 Å². The van der Waals surface area contributed by atoms with Gasteiger partial charge in [-0.2, -0.15) is 0 Å². The molecule has 0 saturated heterocycles. The number of benzene rings is 2. The Hall–Kier alpha value is -2.99. The number of aromatic nitrogens is 2. The lowest BCUT2D eigenvalue weighted by atomic mass is 10.1. The Kier molecular flexibility index (Phi) is 4.44. The molecule has 3 aromatic rings. The number of esters is 1. The van der Waals surface area contributed by atoms with E-state index in [9.17, 15) is 9.90 Å². The van der Waals surface area contributed by atoms with Crippen LogP contribution in [-0.2, 0) is 16.1 Å². The zero-order chi connectivity index (χ0) is 16.1.